The van der Waals surface area contributed by atoms with Crippen LogP contribution in [0.1, 0.15) is 51.9 Å². The van der Waals surface area contributed by atoms with Gasteiger partial charge in [-0.05, 0) is 26.2 Å². The van der Waals surface area contributed by atoms with Gasteiger partial charge in [0.1, 0.15) is 6.10 Å². The van der Waals surface area contributed by atoms with Crippen LogP contribution in [0.25, 0.3) is 0 Å². The molecule has 2 unspecified atom stereocenters. The lowest BCUT2D eigenvalue weighted by molar-refractivity contribution is -0.227. The Bertz CT molecular complexity index is 474. The molecular weight excluding hydrogens is 327 g/mol. The molecule has 0 spiro atoms. The van der Waals surface area contributed by atoms with Gasteiger partial charge in [-0.3, -0.25) is 9.59 Å². The first-order chi connectivity index (χ1) is 11.2. The molecule has 0 aromatic heterocycles. The number of carbonyl (C=O) groups is 2. The van der Waals surface area contributed by atoms with Crippen LogP contribution in [0.15, 0.2) is 0 Å². The van der Waals surface area contributed by atoms with Gasteiger partial charge in [0.2, 0.25) is 0 Å². The minimum Gasteiger partial charge on any atom is -0.481 e. The molecule has 0 bridgehead atoms. The highest BCUT2D eigenvalue weighted by molar-refractivity contribution is 5.83. The number of aliphatic carboxylic acids is 1. The highest BCUT2D eigenvalue weighted by atomic mass is 19.4. The third kappa shape index (κ3) is 3.84. The lowest BCUT2D eigenvalue weighted by Gasteiger charge is -2.28. The van der Waals surface area contributed by atoms with Gasteiger partial charge < -0.3 is 14.7 Å². The summed E-state index contributed by atoms with van der Waals surface area (Å²) in [6.45, 7) is 0.466. The standard InChI is InChI=1S/C16H24F3NO4/c1-11(24-12-6-4-2-3-5-7-12)13(21)20-9-8-15(10-20,14(22)23)16(17,18)19/h11-12H,2-10H2,1H3,(H,22,23). The highest BCUT2D eigenvalue weighted by Gasteiger charge is 2.64. The Morgan fingerprint density at radius 1 is 1.21 bits per heavy atom. The smallest absolute Gasteiger partial charge is 0.406 e. The summed E-state index contributed by atoms with van der Waals surface area (Å²) in [7, 11) is 0. The van der Waals surface area contributed by atoms with Crippen LogP contribution in [0, 0.1) is 5.41 Å². The lowest BCUT2D eigenvalue weighted by atomic mass is 9.86. The van der Waals surface area contributed by atoms with Crippen LogP contribution in [0.4, 0.5) is 13.2 Å². The number of carboxylic acid groups (broad SMARTS) is 1. The van der Waals surface area contributed by atoms with Gasteiger partial charge in [0.25, 0.3) is 5.91 Å². The first kappa shape index (κ1) is 19.0. The van der Waals surface area contributed by atoms with Gasteiger partial charge >= 0.3 is 12.1 Å². The van der Waals surface area contributed by atoms with Gasteiger partial charge in [-0.2, -0.15) is 13.2 Å². The van der Waals surface area contributed by atoms with E-state index in [2.05, 4.69) is 0 Å². The second kappa shape index (κ2) is 7.29. The predicted molar refractivity (Wildman–Crippen MR) is 79.4 cm³/mol. The van der Waals surface area contributed by atoms with Crippen molar-refractivity contribution in [2.45, 2.75) is 70.3 Å². The zero-order chi connectivity index (χ0) is 18.0. The minimum atomic E-state index is -4.89. The molecule has 1 N–H and O–H groups in total. The molecule has 0 aromatic carbocycles. The van der Waals surface area contributed by atoms with E-state index >= 15 is 0 Å². The zero-order valence-electron chi connectivity index (χ0n) is 13.8. The fourth-order valence-corrected chi connectivity index (χ4v) is 3.51. The van der Waals surface area contributed by atoms with Crippen molar-refractivity contribution < 1.29 is 32.6 Å². The number of likely N-dealkylation sites (tertiary alicyclic amines) is 1. The van der Waals surface area contributed by atoms with Crippen molar-refractivity contribution in [1.82, 2.24) is 4.90 Å². The average molecular weight is 351 g/mol. The molecule has 24 heavy (non-hydrogen) atoms. The molecule has 1 amide bonds. The molecule has 2 atom stereocenters. The van der Waals surface area contributed by atoms with E-state index in [1.54, 1.807) is 0 Å². The topological polar surface area (TPSA) is 66.8 Å². The first-order valence-electron chi connectivity index (χ1n) is 8.42. The van der Waals surface area contributed by atoms with Crippen LogP contribution in [-0.2, 0) is 14.3 Å². The zero-order valence-corrected chi connectivity index (χ0v) is 13.8. The van der Waals surface area contributed by atoms with Crippen molar-refractivity contribution in [2.75, 3.05) is 13.1 Å². The highest BCUT2D eigenvalue weighted by Crippen LogP contribution is 2.45. The maximum Gasteiger partial charge on any atom is 0.406 e. The van der Waals surface area contributed by atoms with E-state index in [1.165, 1.54) is 6.92 Å². The van der Waals surface area contributed by atoms with Crippen LogP contribution in [0.5, 0.6) is 0 Å². The molecule has 1 aliphatic carbocycles. The molecule has 1 saturated heterocycles. The van der Waals surface area contributed by atoms with Crippen LogP contribution in [-0.4, -0.2) is 53.4 Å². The van der Waals surface area contributed by atoms with Crippen LogP contribution >= 0.6 is 0 Å². The summed E-state index contributed by atoms with van der Waals surface area (Å²) in [6.07, 6.45) is -0.434. The number of nitrogens with zero attached hydrogens (tertiary/aromatic N) is 1. The lowest BCUT2D eigenvalue weighted by Crippen LogP contribution is -2.49. The summed E-state index contributed by atoms with van der Waals surface area (Å²) in [6, 6.07) is 0. The molecular formula is C16H24F3NO4. The number of alkyl halides is 3. The van der Waals surface area contributed by atoms with E-state index in [4.69, 9.17) is 9.84 Å². The van der Waals surface area contributed by atoms with E-state index in [9.17, 15) is 22.8 Å². The molecule has 5 nitrogen and oxygen atoms in total. The van der Waals surface area contributed by atoms with Crippen molar-refractivity contribution >= 4 is 11.9 Å². The Hall–Kier alpha value is -1.31. The van der Waals surface area contributed by atoms with E-state index in [0.717, 1.165) is 43.4 Å². The average Bonchev–Trinajstić information content (AvgIpc) is 2.81. The van der Waals surface area contributed by atoms with Gasteiger partial charge in [0.05, 0.1) is 6.10 Å². The van der Waals surface area contributed by atoms with Crippen molar-refractivity contribution in [3.8, 4) is 0 Å². The number of hydrogen-bond donors (Lipinski definition) is 1. The summed E-state index contributed by atoms with van der Waals surface area (Å²) in [5.41, 5.74) is -2.87. The molecule has 1 saturated carbocycles. The summed E-state index contributed by atoms with van der Waals surface area (Å²) >= 11 is 0. The van der Waals surface area contributed by atoms with Gasteiger partial charge in [-0.15, -0.1) is 0 Å². The quantitative estimate of drug-likeness (QED) is 0.791. The molecule has 1 heterocycles. The Kier molecular flexibility index (Phi) is 5.78. The Labute approximate surface area is 139 Å². The maximum atomic E-state index is 13.2. The second-order valence-corrected chi connectivity index (χ2v) is 6.79. The number of carbonyl (C=O) groups excluding carboxylic acids is 1. The van der Waals surface area contributed by atoms with Gasteiger partial charge in [0, 0.05) is 13.1 Å². The van der Waals surface area contributed by atoms with E-state index in [-0.39, 0.29) is 12.6 Å². The van der Waals surface area contributed by atoms with Crippen molar-refractivity contribution in [1.29, 1.82) is 0 Å². The third-order valence-corrected chi connectivity index (χ3v) is 5.08. The summed E-state index contributed by atoms with van der Waals surface area (Å²) in [4.78, 5) is 24.5. The SMILES string of the molecule is CC(OC1CCCCCC1)C(=O)N1CCC(C(=O)O)(C(F)(F)F)C1. The van der Waals surface area contributed by atoms with E-state index in [1.807, 2.05) is 0 Å². The number of rotatable bonds is 4. The molecule has 2 fully saturated rings. The molecule has 2 aliphatic rings. The number of carboxylic acids is 1. The number of amides is 1. The first-order valence-corrected chi connectivity index (χ1v) is 8.42. The molecule has 138 valence electrons. The molecule has 0 radical (unpaired) electrons. The fraction of sp³-hybridized carbons (Fsp3) is 0.875. The molecule has 8 heteroatoms. The second-order valence-electron chi connectivity index (χ2n) is 6.79. The number of halogens is 3. The Morgan fingerprint density at radius 3 is 2.25 bits per heavy atom. The van der Waals surface area contributed by atoms with Gasteiger partial charge in [-0.25, -0.2) is 0 Å². The number of ether oxygens (including phenoxy) is 1. The monoisotopic (exact) mass is 351 g/mol. The Morgan fingerprint density at radius 2 is 1.79 bits per heavy atom. The molecule has 1 aliphatic heterocycles. The largest absolute Gasteiger partial charge is 0.481 e. The molecule has 0 aromatic rings. The summed E-state index contributed by atoms with van der Waals surface area (Å²) in [5.74, 6) is -2.49. The van der Waals surface area contributed by atoms with Crippen molar-refractivity contribution in [3.63, 3.8) is 0 Å². The fourth-order valence-electron chi connectivity index (χ4n) is 3.51. The van der Waals surface area contributed by atoms with Gasteiger partial charge in [0.15, 0.2) is 5.41 Å². The summed E-state index contributed by atoms with van der Waals surface area (Å²) < 4.78 is 45.3. The maximum absolute atomic E-state index is 13.2. The van der Waals surface area contributed by atoms with E-state index < -0.39 is 42.5 Å². The third-order valence-electron chi connectivity index (χ3n) is 5.08. The van der Waals surface area contributed by atoms with Crippen molar-refractivity contribution in [2.24, 2.45) is 5.41 Å². The van der Waals surface area contributed by atoms with E-state index in [0.29, 0.717) is 0 Å². The normalized spacial score (nSPS) is 27.8. The Balaban J connectivity index is 1.98. The predicted octanol–water partition coefficient (Wildman–Crippen LogP) is 2.98. The van der Waals surface area contributed by atoms with Crippen LogP contribution in [0.3, 0.4) is 0 Å². The number of hydrogen-bond acceptors (Lipinski definition) is 3. The summed E-state index contributed by atoms with van der Waals surface area (Å²) in [5, 5.41) is 9.04. The van der Waals surface area contributed by atoms with Gasteiger partial charge in [-0.1, -0.05) is 25.7 Å². The minimum absolute atomic E-state index is 0.0547. The van der Waals surface area contributed by atoms with Crippen LogP contribution in [0.2, 0.25) is 0 Å². The van der Waals surface area contributed by atoms with Crippen molar-refractivity contribution in [3.05, 3.63) is 0 Å². The molecule has 2 rings (SSSR count). The van der Waals surface area contributed by atoms with Crippen LogP contribution < -0.4 is 0 Å².